The van der Waals surface area contributed by atoms with Crippen LogP contribution in [0.25, 0.3) is 0 Å². The molecule has 2 aromatic rings. The Kier molecular flexibility index (Phi) is 4.39. The Labute approximate surface area is 160 Å². The van der Waals surface area contributed by atoms with E-state index in [1.807, 2.05) is 25.1 Å². The smallest absolute Gasteiger partial charge is 0.317 e. The van der Waals surface area contributed by atoms with Crippen LogP contribution in [0.1, 0.15) is 45.5 Å². The minimum atomic E-state index is -4.47. The van der Waals surface area contributed by atoms with Crippen LogP contribution in [-0.2, 0) is 11.6 Å². The van der Waals surface area contributed by atoms with Gasteiger partial charge in [0, 0.05) is 15.4 Å². The fourth-order valence-corrected chi connectivity index (χ4v) is 5.52. The number of hydrogen-bond donors (Lipinski definition) is 1. The molecule has 6 heteroatoms. The van der Waals surface area contributed by atoms with Gasteiger partial charge in [-0.05, 0) is 69.1 Å². The van der Waals surface area contributed by atoms with Gasteiger partial charge in [0.15, 0.2) is 5.78 Å². The summed E-state index contributed by atoms with van der Waals surface area (Å²) in [5.74, 6) is -0.167. The van der Waals surface area contributed by atoms with Gasteiger partial charge in [-0.15, -0.1) is 0 Å². The highest BCUT2D eigenvalue weighted by molar-refractivity contribution is 7.99. The molecule has 2 heterocycles. The van der Waals surface area contributed by atoms with E-state index in [1.54, 1.807) is 0 Å². The van der Waals surface area contributed by atoms with Crippen LogP contribution in [-0.4, -0.2) is 18.9 Å². The Bertz CT molecular complexity index is 930. The molecule has 1 N–H and O–H groups in total. The van der Waals surface area contributed by atoms with Crippen molar-refractivity contribution in [3.63, 3.8) is 0 Å². The molecule has 2 aliphatic rings. The average Bonchev–Trinajstić information content (AvgIpc) is 2.70. The van der Waals surface area contributed by atoms with Crippen LogP contribution in [0.5, 0.6) is 0 Å². The maximum atomic E-state index is 13.8. The van der Waals surface area contributed by atoms with Crippen molar-refractivity contribution in [2.45, 2.75) is 48.1 Å². The molecule has 0 radical (unpaired) electrons. The third-order valence-corrected chi connectivity index (χ3v) is 6.86. The van der Waals surface area contributed by atoms with Gasteiger partial charge in [0.1, 0.15) is 0 Å². The second-order valence-corrected chi connectivity index (χ2v) is 8.46. The quantitative estimate of drug-likeness (QED) is 0.662. The lowest BCUT2D eigenvalue weighted by molar-refractivity contribution is -0.138. The van der Waals surface area contributed by atoms with Crippen molar-refractivity contribution in [1.82, 2.24) is 5.32 Å². The summed E-state index contributed by atoms with van der Waals surface area (Å²) in [6.07, 6.45) is -3.28. The molecule has 0 bridgehead atoms. The molecule has 0 amide bonds. The zero-order chi connectivity index (χ0) is 19.4. The normalized spacial score (nSPS) is 18.8. The predicted octanol–water partition coefficient (Wildman–Crippen LogP) is 5.29. The number of hydrogen-bond acceptors (Lipinski definition) is 3. The lowest BCUT2D eigenvalue weighted by Gasteiger charge is -2.37. The van der Waals surface area contributed by atoms with Gasteiger partial charge in [-0.1, -0.05) is 29.5 Å². The standard InChI is InChI=1S/C21H20F3NOS/c1-12-3-5-16-15(11-12)20(7-9-25-10-8-20)19(26)18-13(2)14(21(22,23)24)4-6-17(18)27-16/h3-6,11,25H,7-10H2,1-2H3. The molecule has 4 rings (SSSR count). The highest BCUT2D eigenvalue weighted by atomic mass is 32.2. The maximum absolute atomic E-state index is 13.8. The monoisotopic (exact) mass is 391 g/mol. The number of carbonyl (C=O) groups excluding carboxylic acids is 1. The van der Waals surface area contributed by atoms with Crippen LogP contribution in [0.3, 0.4) is 0 Å². The van der Waals surface area contributed by atoms with Crippen molar-refractivity contribution >= 4 is 17.5 Å². The van der Waals surface area contributed by atoms with Gasteiger partial charge in [0.25, 0.3) is 0 Å². The van der Waals surface area contributed by atoms with Gasteiger partial charge in [-0.2, -0.15) is 13.2 Å². The highest BCUT2D eigenvalue weighted by Gasteiger charge is 2.47. The van der Waals surface area contributed by atoms with E-state index in [4.69, 9.17) is 0 Å². The van der Waals surface area contributed by atoms with Crippen molar-refractivity contribution in [2.75, 3.05) is 13.1 Å². The number of nitrogens with one attached hydrogen (secondary N) is 1. The fourth-order valence-electron chi connectivity index (χ4n) is 4.30. The summed E-state index contributed by atoms with van der Waals surface area (Å²) in [7, 11) is 0. The van der Waals surface area contributed by atoms with Crippen LogP contribution < -0.4 is 5.32 Å². The topological polar surface area (TPSA) is 29.1 Å². The van der Waals surface area contributed by atoms with E-state index in [0.29, 0.717) is 30.8 Å². The molecule has 0 saturated carbocycles. The lowest BCUT2D eigenvalue weighted by atomic mass is 9.67. The zero-order valence-electron chi connectivity index (χ0n) is 15.2. The Morgan fingerprint density at radius 2 is 1.70 bits per heavy atom. The molecule has 2 aromatic carbocycles. The molecule has 0 aliphatic carbocycles. The molecule has 0 unspecified atom stereocenters. The van der Waals surface area contributed by atoms with Crippen molar-refractivity contribution < 1.29 is 18.0 Å². The van der Waals surface area contributed by atoms with Crippen LogP contribution >= 0.6 is 11.8 Å². The summed E-state index contributed by atoms with van der Waals surface area (Å²) >= 11 is 1.41. The molecular weight excluding hydrogens is 371 g/mol. The van der Waals surface area contributed by atoms with Crippen molar-refractivity contribution in [2.24, 2.45) is 0 Å². The van der Waals surface area contributed by atoms with E-state index < -0.39 is 17.2 Å². The Morgan fingerprint density at radius 3 is 2.37 bits per heavy atom. The Morgan fingerprint density at radius 1 is 1.04 bits per heavy atom. The van der Waals surface area contributed by atoms with Crippen LogP contribution in [0.2, 0.25) is 0 Å². The molecule has 1 spiro atoms. The third kappa shape index (κ3) is 2.90. The van der Waals surface area contributed by atoms with Gasteiger partial charge in [-0.3, -0.25) is 4.79 Å². The first-order chi connectivity index (χ1) is 12.7. The summed E-state index contributed by atoms with van der Waals surface area (Å²) in [4.78, 5) is 15.4. The number of alkyl halides is 3. The molecule has 0 aromatic heterocycles. The molecule has 2 aliphatic heterocycles. The molecule has 27 heavy (non-hydrogen) atoms. The summed E-state index contributed by atoms with van der Waals surface area (Å²) in [6, 6.07) is 8.58. The van der Waals surface area contributed by atoms with E-state index in [9.17, 15) is 18.0 Å². The number of benzene rings is 2. The van der Waals surface area contributed by atoms with Gasteiger partial charge in [-0.25, -0.2) is 0 Å². The number of aryl methyl sites for hydroxylation is 1. The number of fused-ring (bicyclic) bond motifs is 3. The number of carbonyl (C=O) groups is 1. The third-order valence-electron chi connectivity index (χ3n) is 5.72. The van der Waals surface area contributed by atoms with E-state index >= 15 is 0 Å². The Balaban J connectivity index is 2.01. The van der Waals surface area contributed by atoms with Crippen molar-refractivity contribution in [3.05, 3.63) is 58.1 Å². The molecule has 0 atom stereocenters. The molecule has 2 nitrogen and oxygen atoms in total. The fraction of sp³-hybridized carbons (Fsp3) is 0.381. The number of halogens is 3. The number of ketones is 1. The summed E-state index contributed by atoms with van der Waals surface area (Å²) in [6.45, 7) is 4.76. The van der Waals surface area contributed by atoms with E-state index in [2.05, 4.69) is 5.32 Å². The summed E-state index contributed by atoms with van der Waals surface area (Å²) < 4.78 is 40.4. The van der Waals surface area contributed by atoms with Gasteiger partial charge < -0.3 is 5.32 Å². The van der Waals surface area contributed by atoms with Crippen molar-refractivity contribution in [1.29, 1.82) is 0 Å². The number of Topliss-reactive ketones (excluding diaryl/α,β-unsaturated/α-hetero) is 1. The number of rotatable bonds is 0. The highest BCUT2D eigenvalue weighted by Crippen LogP contribution is 2.50. The van der Waals surface area contributed by atoms with Crippen LogP contribution in [0, 0.1) is 13.8 Å². The number of piperidine rings is 1. The van der Waals surface area contributed by atoms with E-state index in [1.165, 1.54) is 24.8 Å². The van der Waals surface area contributed by atoms with Crippen LogP contribution in [0.15, 0.2) is 40.1 Å². The average molecular weight is 391 g/mol. The molecule has 142 valence electrons. The largest absolute Gasteiger partial charge is 0.416 e. The summed E-state index contributed by atoms with van der Waals surface area (Å²) in [5.41, 5.74) is 0.814. The predicted molar refractivity (Wildman–Crippen MR) is 99.6 cm³/mol. The minimum Gasteiger partial charge on any atom is -0.317 e. The molecule has 1 fully saturated rings. The molecular formula is C21H20F3NOS. The summed E-state index contributed by atoms with van der Waals surface area (Å²) in [5, 5.41) is 3.28. The first-order valence-electron chi connectivity index (χ1n) is 8.99. The van der Waals surface area contributed by atoms with Gasteiger partial charge in [0.2, 0.25) is 0 Å². The van der Waals surface area contributed by atoms with Crippen molar-refractivity contribution in [3.8, 4) is 0 Å². The maximum Gasteiger partial charge on any atom is 0.416 e. The second kappa shape index (κ2) is 6.38. The lowest BCUT2D eigenvalue weighted by Crippen LogP contribution is -2.46. The van der Waals surface area contributed by atoms with Crippen LogP contribution in [0.4, 0.5) is 13.2 Å². The SMILES string of the molecule is Cc1ccc2c(c1)C1(CCNCC1)C(=O)c1c(ccc(C(F)(F)F)c1C)S2. The Hall–Kier alpha value is -1.79. The van der Waals surface area contributed by atoms with Gasteiger partial charge in [0.05, 0.1) is 11.0 Å². The second-order valence-electron chi connectivity index (χ2n) is 7.37. The van der Waals surface area contributed by atoms with E-state index in [0.717, 1.165) is 22.1 Å². The zero-order valence-corrected chi connectivity index (χ0v) is 16.0. The first-order valence-corrected chi connectivity index (χ1v) is 9.81. The molecule has 1 saturated heterocycles. The van der Waals surface area contributed by atoms with E-state index in [-0.39, 0.29) is 16.9 Å². The first kappa shape index (κ1) is 18.6. The van der Waals surface area contributed by atoms with Gasteiger partial charge >= 0.3 is 6.18 Å². The minimum absolute atomic E-state index is 0.0416.